The number of hydrogen-bond acceptors (Lipinski definition) is 4. The molecule has 0 bridgehead atoms. The summed E-state index contributed by atoms with van der Waals surface area (Å²) < 4.78 is 50.3. The number of ether oxygens (including phenoxy) is 2. The van der Waals surface area contributed by atoms with Crippen LogP contribution in [0.5, 0.6) is 5.75 Å². The van der Waals surface area contributed by atoms with Gasteiger partial charge in [-0.15, -0.1) is 0 Å². The molecular weight excluding hydrogens is 325 g/mol. The van der Waals surface area contributed by atoms with Crippen LogP contribution in [0.2, 0.25) is 0 Å². The van der Waals surface area contributed by atoms with Crippen molar-refractivity contribution >= 4 is 5.97 Å². The molecular formula is C17H21F3O4. The number of fused-ring (bicyclic) bond motifs is 1. The Hall–Kier alpha value is -1.76. The Morgan fingerprint density at radius 1 is 1.33 bits per heavy atom. The van der Waals surface area contributed by atoms with E-state index in [0.717, 1.165) is 5.56 Å². The second-order valence-electron chi connectivity index (χ2n) is 6.53. The molecule has 1 atom stereocenters. The summed E-state index contributed by atoms with van der Waals surface area (Å²) in [6, 6.07) is 5.25. The van der Waals surface area contributed by atoms with Gasteiger partial charge in [0.2, 0.25) is 0 Å². The predicted molar refractivity (Wildman–Crippen MR) is 80.9 cm³/mol. The second kappa shape index (κ2) is 6.27. The van der Waals surface area contributed by atoms with Crippen molar-refractivity contribution in [1.29, 1.82) is 0 Å². The molecule has 4 nitrogen and oxygen atoms in total. The maximum Gasteiger partial charge on any atom is 0.428 e. The van der Waals surface area contributed by atoms with Crippen molar-refractivity contribution < 1.29 is 32.5 Å². The largest absolute Gasteiger partial charge is 0.493 e. The van der Waals surface area contributed by atoms with E-state index in [2.05, 4.69) is 4.74 Å². The van der Waals surface area contributed by atoms with E-state index in [1.165, 1.54) is 6.92 Å². The maximum absolute atomic E-state index is 13.4. The third kappa shape index (κ3) is 3.22. The fourth-order valence-electron chi connectivity index (χ4n) is 3.02. The van der Waals surface area contributed by atoms with Gasteiger partial charge in [0.25, 0.3) is 5.60 Å². The van der Waals surface area contributed by atoms with E-state index in [0.29, 0.717) is 24.3 Å². The third-order valence-corrected chi connectivity index (χ3v) is 4.22. The van der Waals surface area contributed by atoms with Crippen molar-refractivity contribution in [2.45, 2.75) is 50.8 Å². The smallest absolute Gasteiger partial charge is 0.428 e. The van der Waals surface area contributed by atoms with Crippen LogP contribution in [0, 0.1) is 0 Å². The number of alkyl halides is 3. The van der Waals surface area contributed by atoms with Crippen LogP contribution in [0.4, 0.5) is 13.2 Å². The quantitative estimate of drug-likeness (QED) is 0.832. The lowest BCUT2D eigenvalue weighted by Crippen LogP contribution is -2.55. The van der Waals surface area contributed by atoms with Crippen LogP contribution in [0.3, 0.4) is 0 Å². The summed E-state index contributed by atoms with van der Waals surface area (Å²) in [5, 5.41) is 10.2. The Balaban J connectivity index is 2.42. The molecule has 1 aromatic rings. The summed E-state index contributed by atoms with van der Waals surface area (Å²) >= 11 is 0. The molecule has 7 heteroatoms. The Labute approximate surface area is 138 Å². The van der Waals surface area contributed by atoms with Gasteiger partial charge in [-0.1, -0.05) is 32.0 Å². The summed E-state index contributed by atoms with van der Waals surface area (Å²) in [5.41, 5.74) is -3.29. The van der Waals surface area contributed by atoms with E-state index in [9.17, 15) is 23.1 Å². The number of para-hydroxylation sites is 1. The van der Waals surface area contributed by atoms with Crippen LogP contribution >= 0.6 is 0 Å². The predicted octanol–water partition coefficient (Wildman–Crippen LogP) is 3.15. The lowest BCUT2D eigenvalue weighted by Gasteiger charge is -2.36. The van der Waals surface area contributed by atoms with E-state index in [1.54, 1.807) is 26.0 Å². The molecule has 24 heavy (non-hydrogen) atoms. The molecule has 1 aliphatic rings. The Bertz CT molecular complexity index is 625. The number of benzene rings is 1. The zero-order valence-corrected chi connectivity index (χ0v) is 13.9. The van der Waals surface area contributed by atoms with Crippen LogP contribution in [-0.4, -0.2) is 36.1 Å². The van der Waals surface area contributed by atoms with Gasteiger partial charge in [0, 0.05) is 18.4 Å². The van der Waals surface area contributed by atoms with Crippen LogP contribution in [0.15, 0.2) is 18.2 Å². The van der Waals surface area contributed by atoms with E-state index in [-0.39, 0.29) is 6.61 Å². The lowest BCUT2D eigenvalue weighted by atomic mass is 9.74. The zero-order chi connectivity index (χ0) is 18.2. The monoisotopic (exact) mass is 346 g/mol. The van der Waals surface area contributed by atoms with Gasteiger partial charge in [0.1, 0.15) is 5.75 Å². The Morgan fingerprint density at radius 2 is 2.00 bits per heavy atom. The fourth-order valence-corrected chi connectivity index (χ4v) is 3.02. The third-order valence-electron chi connectivity index (χ3n) is 4.22. The van der Waals surface area contributed by atoms with Crippen LogP contribution in [0.25, 0.3) is 0 Å². The fraction of sp³-hybridized carbons (Fsp3) is 0.588. The molecule has 1 N–H and O–H groups in total. The number of esters is 1. The summed E-state index contributed by atoms with van der Waals surface area (Å²) in [5.74, 6) is -1.14. The Kier molecular flexibility index (Phi) is 4.86. The zero-order valence-electron chi connectivity index (χ0n) is 13.9. The average molecular weight is 346 g/mol. The van der Waals surface area contributed by atoms with Crippen molar-refractivity contribution in [2.75, 3.05) is 13.2 Å². The minimum atomic E-state index is -5.14. The van der Waals surface area contributed by atoms with Gasteiger partial charge in [-0.2, -0.15) is 13.2 Å². The highest BCUT2D eigenvalue weighted by Gasteiger charge is 2.62. The lowest BCUT2D eigenvalue weighted by molar-refractivity contribution is -0.267. The highest BCUT2D eigenvalue weighted by molar-refractivity contribution is 5.80. The summed E-state index contributed by atoms with van der Waals surface area (Å²) in [6.45, 7) is 4.68. The minimum Gasteiger partial charge on any atom is -0.493 e. The van der Waals surface area contributed by atoms with Crippen LogP contribution in [-0.2, 0) is 21.4 Å². The average Bonchev–Trinajstić information content (AvgIpc) is 2.93. The first-order valence-electron chi connectivity index (χ1n) is 7.74. The number of halogens is 3. The molecule has 1 aromatic carbocycles. The SMILES string of the molecule is CCOC(=O)C(O)(CC(C)(C)c1cccc2c1OCC2)C(F)(F)F. The normalized spacial score (nSPS) is 17.0. The molecule has 0 fully saturated rings. The van der Waals surface area contributed by atoms with E-state index >= 15 is 0 Å². The molecule has 134 valence electrons. The number of carbonyl (C=O) groups is 1. The molecule has 0 saturated carbocycles. The van der Waals surface area contributed by atoms with Crippen molar-refractivity contribution in [2.24, 2.45) is 0 Å². The summed E-state index contributed by atoms with van der Waals surface area (Å²) in [7, 11) is 0. The van der Waals surface area contributed by atoms with Gasteiger partial charge in [0.15, 0.2) is 0 Å². The van der Waals surface area contributed by atoms with Crippen molar-refractivity contribution in [3.8, 4) is 5.75 Å². The van der Waals surface area contributed by atoms with Gasteiger partial charge in [0.05, 0.1) is 13.2 Å². The summed E-state index contributed by atoms with van der Waals surface area (Å²) in [6.07, 6.45) is -5.32. The van der Waals surface area contributed by atoms with Crippen molar-refractivity contribution in [1.82, 2.24) is 0 Å². The first-order valence-corrected chi connectivity index (χ1v) is 7.74. The van der Waals surface area contributed by atoms with Gasteiger partial charge < -0.3 is 14.6 Å². The van der Waals surface area contributed by atoms with Gasteiger partial charge in [-0.05, 0) is 17.9 Å². The van der Waals surface area contributed by atoms with Gasteiger partial charge in [-0.3, -0.25) is 0 Å². The maximum atomic E-state index is 13.4. The molecule has 0 radical (unpaired) electrons. The molecule has 0 aromatic heterocycles. The molecule has 1 unspecified atom stereocenters. The van der Waals surface area contributed by atoms with Crippen LogP contribution in [0.1, 0.15) is 38.3 Å². The topological polar surface area (TPSA) is 55.8 Å². The number of aliphatic hydroxyl groups is 1. The first kappa shape index (κ1) is 18.6. The van der Waals surface area contributed by atoms with Crippen molar-refractivity contribution in [3.63, 3.8) is 0 Å². The number of hydrogen-bond donors (Lipinski definition) is 1. The van der Waals surface area contributed by atoms with Crippen molar-refractivity contribution in [3.05, 3.63) is 29.3 Å². The molecule has 0 amide bonds. The highest BCUT2D eigenvalue weighted by Crippen LogP contribution is 2.45. The molecule has 1 aliphatic heterocycles. The van der Waals surface area contributed by atoms with E-state index < -0.39 is 29.6 Å². The number of rotatable bonds is 5. The standard InChI is InChI=1S/C17H21F3O4/c1-4-23-14(21)16(22,17(18,19)20)10-15(2,3)12-7-5-6-11-8-9-24-13(11)12/h5-7,22H,4,8-10H2,1-3H3. The van der Waals surface area contributed by atoms with Gasteiger partial charge >= 0.3 is 12.1 Å². The van der Waals surface area contributed by atoms with E-state index in [1.807, 2.05) is 6.07 Å². The minimum absolute atomic E-state index is 0.249. The van der Waals surface area contributed by atoms with Crippen LogP contribution < -0.4 is 4.74 Å². The Morgan fingerprint density at radius 3 is 2.58 bits per heavy atom. The number of carbonyl (C=O) groups excluding carboxylic acids is 1. The molecule has 2 rings (SSSR count). The second-order valence-corrected chi connectivity index (χ2v) is 6.53. The van der Waals surface area contributed by atoms with E-state index in [4.69, 9.17) is 4.74 Å². The highest BCUT2D eigenvalue weighted by atomic mass is 19.4. The molecule has 0 spiro atoms. The molecule has 0 saturated heterocycles. The molecule has 0 aliphatic carbocycles. The first-order chi connectivity index (χ1) is 11.0. The van der Waals surface area contributed by atoms with Gasteiger partial charge in [-0.25, -0.2) is 4.79 Å². The molecule has 1 heterocycles. The summed E-state index contributed by atoms with van der Waals surface area (Å²) in [4.78, 5) is 11.8.